The lowest BCUT2D eigenvalue weighted by Crippen LogP contribution is -2.12. The maximum absolute atomic E-state index is 6.09. The van der Waals surface area contributed by atoms with Crippen LogP contribution in [0, 0.1) is 0 Å². The third-order valence-corrected chi connectivity index (χ3v) is 2.55. The molecule has 0 unspecified atom stereocenters. The van der Waals surface area contributed by atoms with Crippen LogP contribution in [0.1, 0.15) is 11.1 Å². The second-order valence-electron chi connectivity index (χ2n) is 3.19. The Morgan fingerprint density at radius 1 is 1.27 bits per heavy atom. The van der Waals surface area contributed by atoms with E-state index in [4.69, 9.17) is 17.4 Å². The highest BCUT2D eigenvalue weighted by Gasteiger charge is 2.09. The lowest BCUT2D eigenvalue weighted by atomic mass is 10.0. The Hall–Kier alpha value is -1.25. The Morgan fingerprint density at radius 2 is 1.93 bits per heavy atom. The molecule has 1 aromatic carbocycles. The van der Waals surface area contributed by atoms with Crippen molar-refractivity contribution in [3.63, 3.8) is 0 Å². The van der Waals surface area contributed by atoms with Gasteiger partial charge in [-0.05, 0) is 30.0 Å². The van der Waals surface area contributed by atoms with Gasteiger partial charge < -0.3 is 5.43 Å². The molecule has 0 aliphatic rings. The summed E-state index contributed by atoms with van der Waals surface area (Å²) in [5.74, 6) is 5.50. The van der Waals surface area contributed by atoms with Gasteiger partial charge in [-0.1, -0.05) is 29.8 Å². The molecule has 0 radical (unpaired) electrons. The molecular weight excluding hydrogens is 208 g/mol. The van der Waals surface area contributed by atoms with Crippen LogP contribution in [0.25, 0.3) is 0 Å². The fourth-order valence-corrected chi connectivity index (χ4v) is 1.75. The molecule has 0 fully saturated rings. The first-order valence-corrected chi connectivity index (χ1v) is 5.11. The van der Waals surface area contributed by atoms with Crippen LogP contribution in [0.2, 0.25) is 5.02 Å². The molecule has 3 heteroatoms. The van der Waals surface area contributed by atoms with Crippen LogP contribution in [0.15, 0.2) is 37.4 Å². The van der Waals surface area contributed by atoms with Gasteiger partial charge in [0.1, 0.15) is 0 Å². The summed E-state index contributed by atoms with van der Waals surface area (Å²) < 4.78 is 0. The Bertz CT molecular complexity index is 372. The molecule has 2 nitrogen and oxygen atoms in total. The average Bonchev–Trinajstić information content (AvgIpc) is 2.24. The molecule has 0 heterocycles. The number of benzene rings is 1. The summed E-state index contributed by atoms with van der Waals surface area (Å²) in [7, 11) is 0. The number of allylic oxidation sites excluding steroid dienone is 2. The van der Waals surface area contributed by atoms with E-state index in [1.807, 2.05) is 18.2 Å². The number of hydrogen-bond donors (Lipinski definition) is 2. The van der Waals surface area contributed by atoms with Crippen LogP contribution in [0.4, 0.5) is 5.69 Å². The Kier molecular flexibility index (Phi) is 4.40. The van der Waals surface area contributed by atoms with Crippen LogP contribution in [0.3, 0.4) is 0 Å². The predicted octanol–water partition coefficient (Wildman–Crippen LogP) is 3.08. The average molecular weight is 223 g/mol. The quantitative estimate of drug-likeness (QED) is 0.457. The number of rotatable bonds is 5. The minimum Gasteiger partial charge on any atom is -0.324 e. The summed E-state index contributed by atoms with van der Waals surface area (Å²) in [6, 6.07) is 3.83. The number of nitrogen functional groups attached to an aromatic ring is 1. The number of halogens is 1. The summed E-state index contributed by atoms with van der Waals surface area (Å²) >= 11 is 6.09. The van der Waals surface area contributed by atoms with E-state index >= 15 is 0 Å². The second kappa shape index (κ2) is 5.59. The van der Waals surface area contributed by atoms with Gasteiger partial charge in [-0.2, -0.15) is 0 Å². The first-order chi connectivity index (χ1) is 7.24. The van der Waals surface area contributed by atoms with Crippen LogP contribution in [0.5, 0.6) is 0 Å². The summed E-state index contributed by atoms with van der Waals surface area (Å²) in [5.41, 5.74) is 5.64. The van der Waals surface area contributed by atoms with Crippen molar-refractivity contribution in [2.45, 2.75) is 12.8 Å². The molecule has 0 atom stereocenters. The van der Waals surface area contributed by atoms with Gasteiger partial charge in [0.15, 0.2) is 0 Å². The molecule has 0 spiro atoms. The second-order valence-corrected chi connectivity index (χ2v) is 3.60. The fraction of sp³-hybridized carbons (Fsp3) is 0.167. The van der Waals surface area contributed by atoms with E-state index in [0.717, 1.165) is 23.2 Å². The van der Waals surface area contributed by atoms with Crippen molar-refractivity contribution in [1.29, 1.82) is 0 Å². The molecule has 1 aromatic rings. The highest BCUT2D eigenvalue weighted by Crippen LogP contribution is 2.29. The third-order valence-electron chi connectivity index (χ3n) is 2.20. The molecule has 80 valence electrons. The van der Waals surface area contributed by atoms with Crippen molar-refractivity contribution >= 4 is 17.3 Å². The molecule has 1 rings (SSSR count). The van der Waals surface area contributed by atoms with E-state index in [2.05, 4.69) is 18.6 Å². The van der Waals surface area contributed by atoms with Crippen LogP contribution >= 0.6 is 11.6 Å². The van der Waals surface area contributed by atoms with E-state index in [1.54, 1.807) is 6.08 Å². The van der Waals surface area contributed by atoms with Crippen LogP contribution in [-0.2, 0) is 12.8 Å². The van der Waals surface area contributed by atoms with Gasteiger partial charge in [0.25, 0.3) is 0 Å². The van der Waals surface area contributed by atoms with Crippen molar-refractivity contribution in [3.8, 4) is 0 Å². The van der Waals surface area contributed by atoms with Crippen molar-refractivity contribution in [2.75, 3.05) is 5.43 Å². The summed E-state index contributed by atoms with van der Waals surface area (Å²) in [4.78, 5) is 0. The molecule has 0 amide bonds. The van der Waals surface area contributed by atoms with E-state index in [0.29, 0.717) is 11.4 Å². The minimum absolute atomic E-state index is 0.698. The first kappa shape index (κ1) is 11.8. The van der Waals surface area contributed by atoms with Gasteiger partial charge in [-0.3, -0.25) is 5.84 Å². The molecular formula is C12H15ClN2. The molecule has 0 aliphatic heterocycles. The van der Waals surface area contributed by atoms with Gasteiger partial charge in [0.2, 0.25) is 0 Å². The molecule has 0 bridgehead atoms. The molecule has 0 aliphatic carbocycles. The number of hydrogen-bond acceptors (Lipinski definition) is 2. The monoisotopic (exact) mass is 222 g/mol. The summed E-state index contributed by atoms with van der Waals surface area (Å²) in [6.45, 7) is 7.41. The normalized spacial score (nSPS) is 9.73. The van der Waals surface area contributed by atoms with Crippen molar-refractivity contribution < 1.29 is 0 Å². The van der Waals surface area contributed by atoms with E-state index in [-0.39, 0.29) is 0 Å². The zero-order chi connectivity index (χ0) is 11.3. The standard InChI is InChI=1S/C12H15ClN2/c1-3-5-9-7-8-11(13)10(6-4-2)12(9)15-14/h3-4,7-8,15H,1-2,5-6,14H2. The summed E-state index contributed by atoms with van der Waals surface area (Å²) in [6.07, 6.45) is 5.10. The van der Waals surface area contributed by atoms with Crippen LogP contribution < -0.4 is 11.3 Å². The van der Waals surface area contributed by atoms with E-state index in [9.17, 15) is 0 Å². The van der Waals surface area contributed by atoms with Gasteiger partial charge in [-0.15, -0.1) is 13.2 Å². The van der Waals surface area contributed by atoms with Gasteiger partial charge in [0, 0.05) is 5.02 Å². The zero-order valence-electron chi connectivity index (χ0n) is 8.59. The SMILES string of the molecule is C=CCc1ccc(Cl)c(CC=C)c1NN. The molecule has 3 N–H and O–H groups in total. The number of anilines is 1. The predicted molar refractivity (Wildman–Crippen MR) is 67.1 cm³/mol. The molecule has 15 heavy (non-hydrogen) atoms. The summed E-state index contributed by atoms with van der Waals surface area (Å²) in [5, 5.41) is 0.704. The van der Waals surface area contributed by atoms with E-state index < -0.39 is 0 Å². The lowest BCUT2D eigenvalue weighted by Gasteiger charge is -2.13. The maximum Gasteiger partial charge on any atom is 0.0570 e. The van der Waals surface area contributed by atoms with Crippen molar-refractivity contribution in [1.82, 2.24) is 0 Å². The topological polar surface area (TPSA) is 38.0 Å². The van der Waals surface area contributed by atoms with Crippen molar-refractivity contribution in [3.05, 3.63) is 53.6 Å². The highest BCUT2D eigenvalue weighted by atomic mass is 35.5. The zero-order valence-corrected chi connectivity index (χ0v) is 9.35. The van der Waals surface area contributed by atoms with Gasteiger partial charge in [-0.25, -0.2) is 0 Å². The maximum atomic E-state index is 6.09. The molecule has 0 aromatic heterocycles. The smallest absolute Gasteiger partial charge is 0.0570 e. The molecule has 0 saturated heterocycles. The van der Waals surface area contributed by atoms with Crippen molar-refractivity contribution in [2.24, 2.45) is 5.84 Å². The Labute approximate surface area is 95.4 Å². The number of nitrogens with one attached hydrogen (secondary N) is 1. The minimum atomic E-state index is 0.698. The fourth-order valence-electron chi connectivity index (χ4n) is 1.52. The Balaban J connectivity index is 3.25. The first-order valence-electron chi connectivity index (χ1n) is 4.73. The van der Waals surface area contributed by atoms with Gasteiger partial charge in [0.05, 0.1) is 5.69 Å². The van der Waals surface area contributed by atoms with Crippen LogP contribution in [-0.4, -0.2) is 0 Å². The number of nitrogens with two attached hydrogens (primary N) is 1. The largest absolute Gasteiger partial charge is 0.324 e. The highest BCUT2D eigenvalue weighted by molar-refractivity contribution is 6.31. The van der Waals surface area contributed by atoms with Gasteiger partial charge >= 0.3 is 0 Å². The number of hydrazine groups is 1. The lowest BCUT2D eigenvalue weighted by molar-refractivity contribution is 1.17. The Morgan fingerprint density at radius 3 is 2.47 bits per heavy atom. The third kappa shape index (κ3) is 2.61. The molecule has 0 saturated carbocycles. The van der Waals surface area contributed by atoms with E-state index in [1.165, 1.54) is 0 Å².